The highest BCUT2D eigenvalue weighted by Gasteiger charge is 2.36. The maximum atomic E-state index is 5.76. The molecule has 0 aromatic heterocycles. The van der Waals surface area contributed by atoms with Gasteiger partial charge in [-0.15, -0.1) is 13.2 Å². The van der Waals surface area contributed by atoms with Crippen molar-refractivity contribution in [1.29, 1.82) is 0 Å². The monoisotopic (exact) mass is 302 g/mol. The largest absolute Gasteiger partial charge is 0.414 e. The van der Waals surface area contributed by atoms with E-state index in [1.807, 2.05) is 6.08 Å². The first-order valence-electron chi connectivity index (χ1n) is 6.87. The van der Waals surface area contributed by atoms with E-state index in [0.717, 1.165) is 0 Å². The van der Waals surface area contributed by atoms with Gasteiger partial charge in [0.15, 0.2) is 16.6 Å². The Labute approximate surface area is 123 Å². The minimum Gasteiger partial charge on any atom is -0.414 e. The van der Waals surface area contributed by atoms with E-state index < -0.39 is 16.6 Å². The second-order valence-electron chi connectivity index (χ2n) is 7.07. The summed E-state index contributed by atoms with van der Waals surface area (Å²) in [5, 5.41) is 0.315. The van der Waals surface area contributed by atoms with E-state index in [1.165, 1.54) is 0 Å². The van der Waals surface area contributed by atoms with Crippen LogP contribution < -0.4 is 0 Å². The van der Waals surface area contributed by atoms with Gasteiger partial charge < -0.3 is 8.85 Å². The van der Waals surface area contributed by atoms with Crippen LogP contribution in [0.5, 0.6) is 0 Å². The Bertz CT molecular complexity index is 260. The van der Waals surface area contributed by atoms with Crippen molar-refractivity contribution in [3.05, 3.63) is 25.3 Å². The third kappa shape index (κ3) is 12.6. The highest BCUT2D eigenvalue weighted by molar-refractivity contribution is 6.74. The molecule has 4 heteroatoms. The molecule has 19 heavy (non-hydrogen) atoms. The predicted molar refractivity (Wildman–Crippen MR) is 92.8 cm³/mol. The first-order chi connectivity index (χ1) is 8.37. The molecule has 0 aromatic carbocycles. The number of hydrogen-bond donors (Lipinski definition) is 0. The van der Waals surface area contributed by atoms with E-state index in [4.69, 9.17) is 8.85 Å². The van der Waals surface area contributed by atoms with Gasteiger partial charge in [0.25, 0.3) is 0 Å². The second kappa shape index (κ2) is 8.90. The summed E-state index contributed by atoms with van der Waals surface area (Å²) in [4.78, 5) is 0. The second-order valence-corrected chi connectivity index (χ2v) is 16.4. The van der Waals surface area contributed by atoms with Crippen LogP contribution in [-0.4, -0.2) is 29.8 Å². The summed E-state index contributed by atoms with van der Waals surface area (Å²) in [6, 6.07) is 0. The molecule has 0 aliphatic rings. The van der Waals surface area contributed by atoms with Crippen LogP contribution >= 0.6 is 0 Å². The fourth-order valence-electron chi connectivity index (χ4n) is 0.793. The summed E-state index contributed by atoms with van der Waals surface area (Å²) in [5.41, 5.74) is 0. The van der Waals surface area contributed by atoms with Crippen molar-refractivity contribution < 1.29 is 8.85 Å². The van der Waals surface area contributed by atoms with Gasteiger partial charge in [0.2, 0.25) is 0 Å². The van der Waals surface area contributed by atoms with Crippen molar-refractivity contribution in [2.75, 3.05) is 13.2 Å². The minimum atomic E-state index is -1.50. The highest BCUT2D eigenvalue weighted by atomic mass is 28.4. The first kappa shape index (κ1) is 21.1. The average Bonchev–Trinajstić information content (AvgIpc) is 2.22. The molecule has 0 aromatic rings. The molecule has 0 atom stereocenters. The first-order valence-corrected chi connectivity index (χ1v) is 13.2. The van der Waals surface area contributed by atoms with Crippen molar-refractivity contribution in [2.24, 2.45) is 0 Å². The summed E-state index contributed by atoms with van der Waals surface area (Å²) >= 11 is 0. The molecular formula is C15H34O2Si2. The predicted octanol–water partition coefficient (Wildman–Crippen LogP) is 5.22. The van der Waals surface area contributed by atoms with Gasteiger partial charge in [0, 0.05) is 0 Å². The molecule has 0 bridgehead atoms. The fraction of sp³-hybridized carbons (Fsp3) is 0.733. The van der Waals surface area contributed by atoms with E-state index in [2.05, 4.69) is 66.7 Å². The smallest absolute Gasteiger partial charge is 0.192 e. The molecule has 0 N–H and O–H groups in total. The zero-order valence-electron chi connectivity index (χ0n) is 14.3. The van der Waals surface area contributed by atoms with Gasteiger partial charge in [0.1, 0.15) is 0 Å². The van der Waals surface area contributed by atoms with Crippen molar-refractivity contribution in [1.82, 2.24) is 0 Å². The van der Waals surface area contributed by atoms with Gasteiger partial charge in [-0.05, 0) is 37.8 Å². The zero-order valence-corrected chi connectivity index (χ0v) is 16.3. The normalized spacial score (nSPS) is 12.4. The summed E-state index contributed by atoms with van der Waals surface area (Å²) in [5.74, 6) is 0. The van der Waals surface area contributed by atoms with E-state index in [0.29, 0.717) is 18.3 Å². The van der Waals surface area contributed by atoms with Gasteiger partial charge in [-0.2, -0.15) is 0 Å². The number of hydrogen-bond acceptors (Lipinski definition) is 2. The molecule has 0 aliphatic carbocycles. The molecule has 0 aliphatic heterocycles. The van der Waals surface area contributed by atoms with Gasteiger partial charge in [-0.1, -0.05) is 32.9 Å². The van der Waals surface area contributed by atoms with Crippen molar-refractivity contribution >= 4 is 16.6 Å². The molecule has 0 unspecified atom stereocenters. The quantitative estimate of drug-likeness (QED) is 0.495. The lowest BCUT2D eigenvalue weighted by atomic mass is 10.2. The highest BCUT2D eigenvalue weighted by Crippen LogP contribution is 2.36. The number of rotatable bonds is 6. The summed E-state index contributed by atoms with van der Waals surface area (Å²) < 4.78 is 11.2. The van der Waals surface area contributed by atoms with Crippen LogP contribution in [0.1, 0.15) is 20.8 Å². The molecular weight excluding hydrogens is 268 g/mol. The third-order valence-corrected chi connectivity index (χ3v) is 8.54. The lowest BCUT2D eigenvalue weighted by molar-refractivity contribution is 0.328. The van der Waals surface area contributed by atoms with Gasteiger partial charge in [-0.25, -0.2) is 0 Å². The van der Waals surface area contributed by atoms with Gasteiger partial charge >= 0.3 is 0 Å². The molecule has 0 rings (SSSR count). The van der Waals surface area contributed by atoms with Crippen LogP contribution in [0.25, 0.3) is 0 Å². The zero-order chi connectivity index (χ0) is 15.7. The Balaban J connectivity index is 0. The minimum absolute atomic E-state index is 0.315. The van der Waals surface area contributed by atoms with Crippen molar-refractivity contribution in [2.45, 2.75) is 58.5 Å². The molecule has 0 heterocycles. The SMILES string of the molecule is C=CCO[Si](C)(C)C.C=CCO[Si](C)(C)C(C)(C)C. The maximum Gasteiger partial charge on any atom is 0.192 e. The summed E-state index contributed by atoms with van der Waals surface area (Å²) in [6.07, 6.45) is 3.61. The Hall–Kier alpha value is -0.166. The average molecular weight is 303 g/mol. The Kier molecular flexibility index (Phi) is 9.90. The maximum absolute atomic E-state index is 5.76. The Morgan fingerprint density at radius 1 is 0.842 bits per heavy atom. The van der Waals surface area contributed by atoms with Crippen molar-refractivity contribution in [3.8, 4) is 0 Å². The standard InChI is InChI=1S/C9H20OSi.C6H14OSi/c1-7-8-10-11(5,6)9(2,3)4;1-5-6-7-8(2,3)4/h7H,1,8H2,2-6H3;5H,1,6H2,2-4H3. The molecule has 0 amide bonds. The van der Waals surface area contributed by atoms with Gasteiger partial charge in [0.05, 0.1) is 13.2 Å². The van der Waals surface area contributed by atoms with Crippen LogP contribution in [-0.2, 0) is 8.85 Å². The Morgan fingerprint density at radius 3 is 1.42 bits per heavy atom. The Morgan fingerprint density at radius 2 is 1.21 bits per heavy atom. The molecule has 0 saturated heterocycles. The molecule has 0 spiro atoms. The topological polar surface area (TPSA) is 18.5 Å². The molecule has 0 saturated carbocycles. The summed E-state index contributed by atoms with van der Waals surface area (Å²) in [6.45, 7) is 26.3. The van der Waals surface area contributed by atoms with E-state index in [1.54, 1.807) is 6.08 Å². The third-order valence-electron chi connectivity index (χ3n) is 3.00. The van der Waals surface area contributed by atoms with Crippen LogP contribution in [0, 0.1) is 0 Å². The van der Waals surface area contributed by atoms with E-state index in [-0.39, 0.29) is 0 Å². The van der Waals surface area contributed by atoms with Crippen molar-refractivity contribution in [3.63, 3.8) is 0 Å². The molecule has 0 radical (unpaired) electrons. The fourth-order valence-corrected chi connectivity index (χ4v) is 2.38. The van der Waals surface area contributed by atoms with E-state index in [9.17, 15) is 0 Å². The molecule has 2 nitrogen and oxygen atoms in total. The lowest BCUT2D eigenvalue weighted by Gasteiger charge is -2.35. The molecule has 0 fully saturated rings. The van der Waals surface area contributed by atoms with E-state index >= 15 is 0 Å². The lowest BCUT2D eigenvalue weighted by Crippen LogP contribution is -2.40. The molecule has 114 valence electrons. The van der Waals surface area contributed by atoms with Crippen LogP contribution in [0.3, 0.4) is 0 Å². The van der Waals surface area contributed by atoms with Crippen LogP contribution in [0.4, 0.5) is 0 Å². The van der Waals surface area contributed by atoms with Crippen LogP contribution in [0.15, 0.2) is 25.3 Å². The van der Waals surface area contributed by atoms with Crippen LogP contribution in [0.2, 0.25) is 37.8 Å². The van der Waals surface area contributed by atoms with Gasteiger partial charge in [-0.3, -0.25) is 0 Å². The summed E-state index contributed by atoms with van der Waals surface area (Å²) in [7, 11) is -2.75.